The second-order valence-corrected chi connectivity index (χ2v) is 7.34. The van der Waals surface area contributed by atoms with Gasteiger partial charge in [0.15, 0.2) is 0 Å². The van der Waals surface area contributed by atoms with Gasteiger partial charge in [-0.25, -0.2) is 4.90 Å². The molecule has 0 unspecified atom stereocenters. The fourth-order valence-corrected chi connectivity index (χ4v) is 3.50. The van der Waals surface area contributed by atoms with Gasteiger partial charge in [0.25, 0.3) is 11.8 Å². The van der Waals surface area contributed by atoms with Gasteiger partial charge in [-0.1, -0.05) is 65.7 Å². The quantitative estimate of drug-likeness (QED) is 0.598. The Kier molecular flexibility index (Phi) is 4.95. The average molecular weight is 403 g/mol. The first-order valence-corrected chi connectivity index (χ1v) is 9.62. The SMILES string of the molecule is Cc1ccc(N2C(=O)C(Nc3cccc(Cl)c3C)=C(c3ccccc3)C2=O)cc1. The zero-order chi connectivity index (χ0) is 20.5. The van der Waals surface area contributed by atoms with Crippen LogP contribution in [0.5, 0.6) is 0 Å². The van der Waals surface area contributed by atoms with E-state index in [1.165, 1.54) is 4.90 Å². The number of benzene rings is 3. The maximum Gasteiger partial charge on any atom is 0.282 e. The van der Waals surface area contributed by atoms with Crippen molar-refractivity contribution in [1.29, 1.82) is 0 Å². The minimum Gasteiger partial charge on any atom is -0.350 e. The van der Waals surface area contributed by atoms with Gasteiger partial charge in [-0.3, -0.25) is 9.59 Å². The normalized spacial score (nSPS) is 14.0. The van der Waals surface area contributed by atoms with Gasteiger partial charge in [-0.05, 0) is 49.2 Å². The first-order chi connectivity index (χ1) is 14.0. The Morgan fingerprint density at radius 2 is 1.48 bits per heavy atom. The van der Waals surface area contributed by atoms with E-state index < -0.39 is 5.91 Å². The van der Waals surface area contributed by atoms with Gasteiger partial charge >= 0.3 is 0 Å². The summed E-state index contributed by atoms with van der Waals surface area (Å²) in [6.07, 6.45) is 0. The molecule has 0 bridgehead atoms. The minimum absolute atomic E-state index is 0.243. The van der Waals surface area contributed by atoms with Crippen LogP contribution in [0.3, 0.4) is 0 Å². The van der Waals surface area contributed by atoms with Crippen LogP contribution in [0.4, 0.5) is 11.4 Å². The lowest BCUT2D eigenvalue weighted by Gasteiger charge is -2.16. The van der Waals surface area contributed by atoms with Crippen LogP contribution in [0.25, 0.3) is 5.57 Å². The summed E-state index contributed by atoms with van der Waals surface area (Å²) in [4.78, 5) is 27.9. The number of anilines is 2. The van der Waals surface area contributed by atoms with E-state index in [9.17, 15) is 9.59 Å². The van der Waals surface area contributed by atoms with Crippen molar-refractivity contribution in [2.75, 3.05) is 10.2 Å². The van der Waals surface area contributed by atoms with E-state index >= 15 is 0 Å². The Morgan fingerprint density at radius 1 is 0.793 bits per heavy atom. The van der Waals surface area contributed by atoms with E-state index in [4.69, 9.17) is 11.6 Å². The molecule has 29 heavy (non-hydrogen) atoms. The van der Waals surface area contributed by atoms with Gasteiger partial charge in [0.1, 0.15) is 5.70 Å². The van der Waals surface area contributed by atoms with Crippen LogP contribution in [0.15, 0.2) is 78.5 Å². The third-order valence-corrected chi connectivity index (χ3v) is 5.38. The first kappa shape index (κ1) is 19.0. The molecule has 0 radical (unpaired) electrons. The third kappa shape index (κ3) is 3.43. The summed E-state index contributed by atoms with van der Waals surface area (Å²) in [6.45, 7) is 3.83. The Labute approximate surface area is 174 Å². The number of aryl methyl sites for hydroxylation is 1. The predicted octanol–water partition coefficient (Wildman–Crippen LogP) is 5.35. The van der Waals surface area contributed by atoms with Crippen LogP contribution in [0, 0.1) is 13.8 Å². The van der Waals surface area contributed by atoms with E-state index in [0.29, 0.717) is 27.5 Å². The Hall–Kier alpha value is -3.37. The molecule has 0 spiro atoms. The molecule has 1 N–H and O–H groups in total. The van der Waals surface area contributed by atoms with Crippen LogP contribution in [-0.4, -0.2) is 11.8 Å². The van der Waals surface area contributed by atoms with Gasteiger partial charge in [0, 0.05) is 10.7 Å². The molecule has 0 atom stereocenters. The molecule has 3 aromatic rings. The fraction of sp³-hybridized carbons (Fsp3) is 0.0833. The molecule has 4 nitrogen and oxygen atoms in total. The zero-order valence-electron chi connectivity index (χ0n) is 16.1. The third-order valence-electron chi connectivity index (χ3n) is 4.97. The maximum absolute atomic E-state index is 13.3. The fourth-order valence-electron chi connectivity index (χ4n) is 3.32. The van der Waals surface area contributed by atoms with Crippen molar-refractivity contribution in [2.24, 2.45) is 0 Å². The summed E-state index contributed by atoms with van der Waals surface area (Å²) in [5.74, 6) is -0.746. The topological polar surface area (TPSA) is 49.4 Å². The molecule has 0 saturated heterocycles. The van der Waals surface area contributed by atoms with Crippen LogP contribution in [-0.2, 0) is 9.59 Å². The smallest absolute Gasteiger partial charge is 0.282 e. The lowest BCUT2D eigenvalue weighted by atomic mass is 10.0. The molecular formula is C24H19ClN2O2. The lowest BCUT2D eigenvalue weighted by Crippen LogP contribution is -2.32. The van der Waals surface area contributed by atoms with Crippen molar-refractivity contribution in [3.63, 3.8) is 0 Å². The van der Waals surface area contributed by atoms with Crippen molar-refractivity contribution in [3.8, 4) is 0 Å². The molecule has 0 fully saturated rings. The highest BCUT2D eigenvalue weighted by Gasteiger charge is 2.40. The molecule has 0 saturated carbocycles. The number of hydrogen-bond acceptors (Lipinski definition) is 3. The number of carbonyl (C=O) groups excluding carboxylic acids is 2. The van der Waals surface area contributed by atoms with Crippen LogP contribution < -0.4 is 10.2 Å². The molecule has 1 aliphatic rings. The lowest BCUT2D eigenvalue weighted by molar-refractivity contribution is -0.120. The molecular weight excluding hydrogens is 384 g/mol. The van der Waals surface area contributed by atoms with E-state index in [1.54, 1.807) is 24.3 Å². The van der Waals surface area contributed by atoms with Crippen molar-refractivity contribution in [3.05, 3.63) is 100 Å². The highest BCUT2D eigenvalue weighted by Crippen LogP contribution is 2.35. The number of rotatable bonds is 4. The molecule has 1 heterocycles. The molecule has 144 valence electrons. The monoisotopic (exact) mass is 402 g/mol. The average Bonchev–Trinajstić information content (AvgIpc) is 2.96. The number of halogens is 1. The molecule has 0 aliphatic carbocycles. The summed E-state index contributed by atoms with van der Waals surface area (Å²) < 4.78 is 0. The van der Waals surface area contributed by atoms with E-state index in [1.807, 2.05) is 62.4 Å². The van der Waals surface area contributed by atoms with Gasteiger partial charge in [-0.15, -0.1) is 0 Å². The second kappa shape index (κ2) is 7.57. The number of imide groups is 1. The van der Waals surface area contributed by atoms with Gasteiger partial charge < -0.3 is 5.32 Å². The van der Waals surface area contributed by atoms with Crippen LogP contribution in [0.2, 0.25) is 5.02 Å². The maximum atomic E-state index is 13.3. The van der Waals surface area contributed by atoms with Crippen LogP contribution in [0.1, 0.15) is 16.7 Å². The van der Waals surface area contributed by atoms with Gasteiger partial charge in [-0.2, -0.15) is 0 Å². The Morgan fingerprint density at radius 3 is 2.17 bits per heavy atom. The summed E-state index contributed by atoms with van der Waals surface area (Å²) in [6, 6.07) is 22.0. The number of carbonyl (C=O) groups is 2. The summed E-state index contributed by atoms with van der Waals surface area (Å²) in [5.41, 5.74) is 4.36. The zero-order valence-corrected chi connectivity index (χ0v) is 16.8. The standard InChI is InChI=1S/C24H19ClN2O2/c1-15-11-13-18(14-12-15)27-23(28)21(17-7-4-3-5-8-17)22(24(27)29)26-20-10-6-9-19(25)16(20)2/h3-14,26H,1-2H3. The summed E-state index contributed by atoms with van der Waals surface area (Å²) >= 11 is 6.24. The molecule has 5 heteroatoms. The number of nitrogens with one attached hydrogen (secondary N) is 1. The number of nitrogens with zero attached hydrogens (tertiary/aromatic N) is 1. The molecule has 4 rings (SSSR count). The molecule has 1 aliphatic heterocycles. The van der Waals surface area contributed by atoms with Crippen LogP contribution >= 0.6 is 11.6 Å². The van der Waals surface area contributed by atoms with Crippen molar-refractivity contribution >= 4 is 40.4 Å². The second-order valence-electron chi connectivity index (χ2n) is 6.93. The van der Waals surface area contributed by atoms with E-state index in [2.05, 4.69) is 5.32 Å². The first-order valence-electron chi connectivity index (χ1n) is 9.24. The Balaban J connectivity index is 1.84. The van der Waals surface area contributed by atoms with Gasteiger partial charge in [0.05, 0.1) is 11.3 Å². The highest BCUT2D eigenvalue weighted by atomic mass is 35.5. The van der Waals surface area contributed by atoms with E-state index in [0.717, 1.165) is 11.1 Å². The number of amides is 2. The van der Waals surface area contributed by atoms with Gasteiger partial charge in [0.2, 0.25) is 0 Å². The summed E-state index contributed by atoms with van der Waals surface area (Å²) in [5, 5.41) is 3.76. The molecule has 0 aromatic heterocycles. The number of hydrogen-bond donors (Lipinski definition) is 1. The minimum atomic E-state index is -0.392. The van der Waals surface area contributed by atoms with Crippen molar-refractivity contribution in [1.82, 2.24) is 0 Å². The Bertz CT molecular complexity index is 1140. The van der Waals surface area contributed by atoms with Crippen molar-refractivity contribution < 1.29 is 9.59 Å². The largest absolute Gasteiger partial charge is 0.350 e. The van der Waals surface area contributed by atoms with Crippen molar-refractivity contribution in [2.45, 2.75) is 13.8 Å². The predicted molar refractivity (Wildman–Crippen MR) is 117 cm³/mol. The molecule has 3 aromatic carbocycles. The van der Waals surface area contributed by atoms with E-state index in [-0.39, 0.29) is 11.6 Å². The summed E-state index contributed by atoms with van der Waals surface area (Å²) in [7, 11) is 0. The molecule has 2 amide bonds. The highest BCUT2D eigenvalue weighted by molar-refractivity contribution is 6.46.